The number of aromatic nitrogens is 2. The Kier molecular flexibility index (Phi) is 5.28. The molecule has 1 aromatic carbocycles. The summed E-state index contributed by atoms with van der Waals surface area (Å²) >= 11 is 7.19. The summed E-state index contributed by atoms with van der Waals surface area (Å²) in [4.78, 5) is 24.9. The molecule has 27 heavy (non-hydrogen) atoms. The van der Waals surface area contributed by atoms with Crippen LogP contribution in [0.15, 0.2) is 54.0 Å². The summed E-state index contributed by atoms with van der Waals surface area (Å²) in [5.74, 6) is -0.666. The molecule has 140 valence electrons. The molecule has 0 saturated heterocycles. The van der Waals surface area contributed by atoms with Crippen LogP contribution >= 0.6 is 23.4 Å². The van der Waals surface area contributed by atoms with Crippen LogP contribution in [-0.2, 0) is 4.79 Å². The fourth-order valence-electron chi connectivity index (χ4n) is 2.27. The highest BCUT2D eigenvalue weighted by atomic mass is 35.5. The Bertz CT molecular complexity index is 931. The topological polar surface area (TPSA) is 134 Å². The van der Waals surface area contributed by atoms with Gasteiger partial charge in [0.25, 0.3) is 0 Å². The van der Waals surface area contributed by atoms with Gasteiger partial charge in [0, 0.05) is 24.2 Å². The summed E-state index contributed by atoms with van der Waals surface area (Å²) in [5.41, 5.74) is 6.69. The maximum Gasteiger partial charge on any atom is 0.409 e. The van der Waals surface area contributed by atoms with Crippen LogP contribution in [0.4, 0.5) is 10.5 Å². The Morgan fingerprint density at radius 3 is 2.89 bits per heavy atom. The molecule has 1 amide bonds. The number of thioether (sulfide) groups is 1. The van der Waals surface area contributed by atoms with Crippen molar-refractivity contribution in [1.29, 1.82) is 0 Å². The third-order valence-corrected chi connectivity index (χ3v) is 4.95. The van der Waals surface area contributed by atoms with Gasteiger partial charge in [-0.05, 0) is 18.2 Å². The molecule has 1 aromatic heterocycles. The number of H-pyrrole nitrogens is 1. The van der Waals surface area contributed by atoms with E-state index in [0.717, 1.165) is 0 Å². The Hall–Kier alpha value is -3.11. The predicted molar refractivity (Wildman–Crippen MR) is 101 cm³/mol. The van der Waals surface area contributed by atoms with E-state index in [9.17, 15) is 9.59 Å². The molecule has 2 heterocycles. The number of nitrogens with zero attached hydrogens (tertiary/aromatic N) is 2. The van der Waals surface area contributed by atoms with Crippen molar-refractivity contribution < 1.29 is 19.4 Å². The number of rotatable bonds is 5. The fourth-order valence-corrected chi connectivity index (χ4v) is 3.55. The molecule has 0 spiro atoms. The number of esters is 1. The summed E-state index contributed by atoms with van der Waals surface area (Å²) < 4.78 is 5.29. The van der Waals surface area contributed by atoms with E-state index in [-0.39, 0.29) is 16.5 Å². The lowest BCUT2D eigenvalue weighted by Crippen LogP contribution is -2.26. The van der Waals surface area contributed by atoms with Crippen molar-refractivity contribution >= 4 is 41.1 Å². The van der Waals surface area contributed by atoms with Crippen LogP contribution in [0.2, 0.25) is 5.02 Å². The zero-order valence-corrected chi connectivity index (χ0v) is 15.3. The minimum absolute atomic E-state index is 0.0252. The summed E-state index contributed by atoms with van der Waals surface area (Å²) in [7, 11) is 0. The average Bonchev–Trinajstić information content (AvgIpc) is 3.26. The van der Waals surface area contributed by atoms with Crippen LogP contribution < -0.4 is 15.8 Å². The van der Waals surface area contributed by atoms with Crippen molar-refractivity contribution in [1.82, 2.24) is 20.4 Å². The molecule has 2 aromatic rings. The van der Waals surface area contributed by atoms with Gasteiger partial charge >= 0.3 is 12.1 Å². The van der Waals surface area contributed by atoms with Gasteiger partial charge in [-0.3, -0.25) is 10.4 Å². The van der Waals surface area contributed by atoms with Crippen molar-refractivity contribution in [3.8, 4) is 5.75 Å². The van der Waals surface area contributed by atoms with E-state index < -0.39 is 17.4 Å². The van der Waals surface area contributed by atoms with Gasteiger partial charge < -0.3 is 20.5 Å². The molecule has 1 aliphatic heterocycles. The summed E-state index contributed by atoms with van der Waals surface area (Å²) in [6.45, 7) is 3.77. The minimum atomic E-state index is -1.22. The number of nitrogens with two attached hydrogens (primary N) is 1. The van der Waals surface area contributed by atoms with E-state index in [1.165, 1.54) is 35.0 Å². The highest BCUT2D eigenvalue weighted by Crippen LogP contribution is 2.44. The average molecular weight is 408 g/mol. The monoisotopic (exact) mass is 407 g/mol. The first-order valence-corrected chi connectivity index (χ1v) is 8.73. The largest absolute Gasteiger partial charge is 0.465 e. The molecule has 0 fully saturated rings. The smallest absolute Gasteiger partial charge is 0.409 e. The number of aromatic amines is 1. The second kappa shape index (κ2) is 7.64. The van der Waals surface area contributed by atoms with E-state index in [4.69, 9.17) is 27.2 Å². The number of ether oxygens (including phenoxy) is 1. The lowest BCUT2D eigenvalue weighted by molar-refractivity contribution is -0.131. The third-order valence-electron chi connectivity index (χ3n) is 3.47. The van der Waals surface area contributed by atoms with E-state index in [1.807, 2.05) is 0 Å². The maximum absolute atomic E-state index is 12.5. The number of hydrogen-bond acceptors (Lipinski definition) is 7. The molecule has 0 radical (unpaired) electrons. The summed E-state index contributed by atoms with van der Waals surface area (Å²) in [6.07, 6.45) is 1.78. The highest BCUT2D eigenvalue weighted by molar-refractivity contribution is 8.03. The Labute approximate surface area is 162 Å². The Morgan fingerprint density at radius 2 is 2.22 bits per heavy atom. The number of carbonyl (C=O) groups is 2. The van der Waals surface area contributed by atoms with Crippen LogP contribution in [0.5, 0.6) is 5.75 Å². The lowest BCUT2D eigenvalue weighted by Gasteiger charge is -2.24. The van der Waals surface area contributed by atoms with Crippen LogP contribution in [-0.4, -0.2) is 32.3 Å². The first kappa shape index (κ1) is 18.7. The third kappa shape index (κ3) is 4.18. The molecular weight excluding hydrogens is 394 g/mol. The molecule has 0 bridgehead atoms. The quantitative estimate of drug-likeness (QED) is 0.257. The number of halogens is 1. The molecule has 11 heteroatoms. The normalized spacial score (nSPS) is 16.0. The lowest BCUT2D eigenvalue weighted by atomic mass is 10.3. The standard InChI is InChI=1S/C16H14ClN5O4S/c1-8(15(23)26-12-6-9(18)2-3-10(12)17)22-7-13(20-16(24)25)27-14(22)11-4-5-19-21-11/h2-7,14,20H,1,18H2,(H,19,21)(H,24,25). The van der Waals surface area contributed by atoms with Crippen LogP contribution in [0.25, 0.3) is 0 Å². The van der Waals surface area contributed by atoms with Gasteiger partial charge in [0.1, 0.15) is 11.1 Å². The first-order chi connectivity index (χ1) is 12.8. The summed E-state index contributed by atoms with van der Waals surface area (Å²) in [5, 5.41) is 17.9. The number of benzene rings is 1. The fraction of sp³-hybridized carbons (Fsp3) is 0.0625. The van der Waals surface area contributed by atoms with E-state index in [0.29, 0.717) is 16.4 Å². The molecule has 0 aliphatic carbocycles. The maximum atomic E-state index is 12.5. The van der Waals surface area contributed by atoms with Gasteiger partial charge in [0.15, 0.2) is 5.75 Å². The number of nitrogens with one attached hydrogen (secondary N) is 2. The molecular formula is C16H14ClN5O4S. The molecule has 1 atom stereocenters. The van der Waals surface area contributed by atoms with Crippen LogP contribution in [0.3, 0.4) is 0 Å². The number of hydrogen-bond donors (Lipinski definition) is 4. The van der Waals surface area contributed by atoms with Gasteiger partial charge in [-0.15, -0.1) is 0 Å². The Balaban J connectivity index is 1.82. The van der Waals surface area contributed by atoms with E-state index in [1.54, 1.807) is 18.3 Å². The number of amides is 1. The van der Waals surface area contributed by atoms with Gasteiger partial charge in [0.05, 0.1) is 15.7 Å². The van der Waals surface area contributed by atoms with Gasteiger partial charge in [-0.2, -0.15) is 5.10 Å². The van der Waals surface area contributed by atoms with E-state index >= 15 is 0 Å². The molecule has 9 nitrogen and oxygen atoms in total. The number of nitrogen functional groups attached to an aromatic ring is 1. The van der Waals surface area contributed by atoms with Crippen molar-refractivity contribution in [3.05, 3.63) is 64.7 Å². The van der Waals surface area contributed by atoms with Crippen molar-refractivity contribution in [3.63, 3.8) is 0 Å². The first-order valence-electron chi connectivity index (χ1n) is 7.47. The minimum Gasteiger partial charge on any atom is -0.465 e. The highest BCUT2D eigenvalue weighted by Gasteiger charge is 2.33. The summed E-state index contributed by atoms with van der Waals surface area (Å²) in [6, 6.07) is 6.21. The second-order valence-corrected chi connectivity index (χ2v) is 6.87. The molecule has 1 aliphatic rings. The zero-order chi connectivity index (χ0) is 19.6. The predicted octanol–water partition coefficient (Wildman–Crippen LogP) is 2.88. The van der Waals surface area contributed by atoms with Crippen LogP contribution in [0, 0.1) is 0 Å². The second-order valence-electron chi connectivity index (χ2n) is 5.34. The van der Waals surface area contributed by atoms with Crippen molar-refractivity contribution in [2.45, 2.75) is 5.37 Å². The van der Waals surface area contributed by atoms with Crippen molar-refractivity contribution in [2.24, 2.45) is 0 Å². The zero-order valence-electron chi connectivity index (χ0n) is 13.7. The van der Waals surface area contributed by atoms with E-state index in [2.05, 4.69) is 22.1 Å². The van der Waals surface area contributed by atoms with Crippen molar-refractivity contribution in [2.75, 3.05) is 5.73 Å². The number of carbonyl (C=O) groups excluding carboxylic acids is 1. The number of anilines is 1. The molecule has 5 N–H and O–H groups in total. The van der Waals surface area contributed by atoms with Gasteiger partial charge in [-0.25, -0.2) is 9.59 Å². The number of carboxylic acid groups (broad SMARTS) is 1. The molecule has 0 saturated carbocycles. The Morgan fingerprint density at radius 1 is 1.44 bits per heavy atom. The molecule has 3 rings (SSSR count). The van der Waals surface area contributed by atoms with Crippen LogP contribution in [0.1, 0.15) is 11.1 Å². The SMILES string of the molecule is C=C(C(=O)Oc1cc(N)ccc1Cl)N1C=C(NC(=O)O)SC1c1ccn[nH]1. The molecule has 1 unspecified atom stereocenters. The van der Waals surface area contributed by atoms with Gasteiger partial charge in [0.2, 0.25) is 0 Å². The van der Waals surface area contributed by atoms with Gasteiger partial charge in [-0.1, -0.05) is 29.9 Å².